The summed E-state index contributed by atoms with van der Waals surface area (Å²) in [5.74, 6) is -1.67. The smallest absolute Gasteiger partial charge is 0.323 e. The zero-order valence-electron chi connectivity index (χ0n) is 21.5. The van der Waals surface area contributed by atoms with Gasteiger partial charge in [-0.25, -0.2) is 13.1 Å². The van der Waals surface area contributed by atoms with E-state index in [9.17, 15) is 18.0 Å². The van der Waals surface area contributed by atoms with Crippen molar-refractivity contribution in [1.29, 1.82) is 0 Å². The molecule has 4 rings (SSSR count). The third kappa shape index (κ3) is 6.30. The van der Waals surface area contributed by atoms with Crippen molar-refractivity contribution in [3.05, 3.63) is 71.3 Å². The van der Waals surface area contributed by atoms with Gasteiger partial charge < -0.3 is 5.11 Å². The number of nitrogens with zero attached hydrogens (tertiary/aromatic N) is 4. The second-order valence-electron chi connectivity index (χ2n) is 8.81. The second-order valence-corrected chi connectivity index (χ2v) is 12.4. The summed E-state index contributed by atoms with van der Waals surface area (Å²) in [6, 6.07) is 16.0. The molecule has 9 nitrogen and oxygen atoms in total. The van der Waals surface area contributed by atoms with Crippen LogP contribution >= 0.6 is 24.0 Å². The first kappa shape index (κ1) is 28.7. The Labute approximate surface area is 237 Å². The summed E-state index contributed by atoms with van der Waals surface area (Å²) in [7, 11) is -3.73. The first-order chi connectivity index (χ1) is 18.6. The van der Waals surface area contributed by atoms with Crippen LogP contribution in [0.3, 0.4) is 0 Å². The molecule has 0 saturated carbocycles. The number of thioether (sulfide) groups is 1. The van der Waals surface area contributed by atoms with Crippen molar-refractivity contribution in [2.75, 3.05) is 19.6 Å². The van der Waals surface area contributed by atoms with E-state index in [-0.39, 0.29) is 14.1 Å². The number of para-hydroxylation sites is 1. The van der Waals surface area contributed by atoms with Crippen LogP contribution in [0.2, 0.25) is 0 Å². The summed E-state index contributed by atoms with van der Waals surface area (Å²) in [5, 5.41) is 13.9. The third-order valence-electron chi connectivity index (χ3n) is 5.91. The molecule has 2 heterocycles. The van der Waals surface area contributed by atoms with Gasteiger partial charge in [0.15, 0.2) is 0 Å². The van der Waals surface area contributed by atoms with E-state index in [0.717, 1.165) is 22.3 Å². The first-order valence-corrected chi connectivity index (χ1v) is 15.0. The summed E-state index contributed by atoms with van der Waals surface area (Å²) in [5.41, 5.74) is 2.36. The number of carbonyl (C=O) groups is 2. The number of hydrogen-bond donors (Lipinski definition) is 1. The summed E-state index contributed by atoms with van der Waals surface area (Å²) < 4.78 is 30.2. The molecule has 1 fully saturated rings. The fourth-order valence-electron chi connectivity index (χ4n) is 4.15. The maximum atomic E-state index is 13.5. The SMILES string of the molecule is CCCN(CCC)S(=O)(=O)c1cccc(-c2nn(-c3ccccc3)cc2C=C2SC(=S)N(CC(=O)O)C2=O)c1. The first-order valence-electron chi connectivity index (χ1n) is 12.4. The van der Waals surface area contributed by atoms with E-state index in [4.69, 9.17) is 22.4 Å². The fourth-order valence-corrected chi connectivity index (χ4v) is 7.06. The Morgan fingerprint density at radius 2 is 1.79 bits per heavy atom. The molecular formula is C27H28N4O5S3. The minimum atomic E-state index is -3.73. The molecule has 1 amide bonds. The number of aliphatic carboxylic acids is 1. The minimum Gasteiger partial charge on any atom is -0.480 e. The van der Waals surface area contributed by atoms with Crippen LogP contribution in [0, 0.1) is 0 Å². The molecule has 1 aliphatic rings. The Morgan fingerprint density at radius 3 is 2.44 bits per heavy atom. The van der Waals surface area contributed by atoms with Gasteiger partial charge in [0, 0.05) is 30.4 Å². The van der Waals surface area contributed by atoms with Gasteiger partial charge >= 0.3 is 5.97 Å². The largest absolute Gasteiger partial charge is 0.480 e. The number of benzene rings is 2. The molecule has 12 heteroatoms. The number of thiocarbonyl (C=S) groups is 1. The van der Waals surface area contributed by atoms with Crippen LogP contribution in [0.1, 0.15) is 32.3 Å². The maximum absolute atomic E-state index is 13.5. The molecule has 1 aliphatic heterocycles. The van der Waals surface area contributed by atoms with E-state index < -0.39 is 28.4 Å². The standard InChI is InChI=1S/C27H28N4O5S3/c1-3-13-29(14-4-2)39(35,36)22-12-8-9-19(15-22)25-20(17-31(28-25)21-10-6-5-7-11-21)16-23-26(34)30(18-24(32)33)27(37)38-23/h5-12,15-17H,3-4,13-14,18H2,1-2H3,(H,32,33). The fraction of sp³-hybridized carbons (Fsp3) is 0.259. The lowest BCUT2D eigenvalue weighted by Crippen LogP contribution is -2.33. The van der Waals surface area contributed by atoms with Crippen LogP contribution in [0.5, 0.6) is 0 Å². The van der Waals surface area contributed by atoms with Crippen LogP contribution in [-0.2, 0) is 19.6 Å². The summed E-state index contributed by atoms with van der Waals surface area (Å²) >= 11 is 6.25. The predicted molar refractivity (Wildman–Crippen MR) is 156 cm³/mol. The zero-order valence-corrected chi connectivity index (χ0v) is 23.9. The van der Waals surface area contributed by atoms with Crippen LogP contribution in [0.25, 0.3) is 23.0 Å². The number of amides is 1. The van der Waals surface area contributed by atoms with Crippen molar-refractivity contribution < 1.29 is 23.1 Å². The molecule has 3 aromatic rings. The van der Waals surface area contributed by atoms with Crippen LogP contribution in [-0.4, -0.2) is 68.3 Å². The van der Waals surface area contributed by atoms with Gasteiger partial charge in [-0.2, -0.15) is 9.40 Å². The van der Waals surface area contributed by atoms with E-state index >= 15 is 0 Å². The summed E-state index contributed by atoms with van der Waals surface area (Å²) in [4.78, 5) is 25.6. The molecule has 0 radical (unpaired) electrons. The number of aromatic nitrogens is 2. The van der Waals surface area contributed by atoms with Crippen LogP contribution in [0.15, 0.2) is 70.6 Å². The monoisotopic (exact) mass is 584 g/mol. The zero-order chi connectivity index (χ0) is 28.2. The van der Waals surface area contributed by atoms with E-state index in [2.05, 4.69) is 0 Å². The average Bonchev–Trinajstić information content (AvgIpc) is 3.45. The molecule has 39 heavy (non-hydrogen) atoms. The summed E-state index contributed by atoms with van der Waals surface area (Å²) in [6.07, 6.45) is 4.76. The van der Waals surface area contributed by atoms with Gasteiger partial charge in [-0.05, 0) is 43.2 Å². The Morgan fingerprint density at radius 1 is 1.10 bits per heavy atom. The molecule has 2 aromatic carbocycles. The highest BCUT2D eigenvalue weighted by molar-refractivity contribution is 8.26. The van der Waals surface area contributed by atoms with Gasteiger partial charge in [-0.1, -0.05) is 68.2 Å². The van der Waals surface area contributed by atoms with Crippen LogP contribution < -0.4 is 0 Å². The van der Waals surface area contributed by atoms with Crippen LogP contribution in [0.4, 0.5) is 0 Å². The van der Waals surface area contributed by atoms with Gasteiger partial charge in [0.05, 0.1) is 15.5 Å². The topological polar surface area (TPSA) is 113 Å². The molecule has 0 atom stereocenters. The lowest BCUT2D eigenvalue weighted by atomic mass is 10.1. The highest BCUT2D eigenvalue weighted by atomic mass is 32.2. The van der Waals surface area contributed by atoms with E-state index in [1.807, 2.05) is 44.2 Å². The number of hydrogen-bond acceptors (Lipinski definition) is 7. The highest BCUT2D eigenvalue weighted by Gasteiger charge is 2.34. The average molecular weight is 585 g/mol. The predicted octanol–water partition coefficient (Wildman–Crippen LogP) is 4.64. The maximum Gasteiger partial charge on any atom is 0.323 e. The van der Waals surface area contributed by atoms with Crippen molar-refractivity contribution in [3.63, 3.8) is 0 Å². The van der Waals surface area contributed by atoms with Gasteiger partial charge in [-0.3, -0.25) is 14.5 Å². The Bertz CT molecular complexity index is 1530. The normalized spacial score (nSPS) is 15.1. The van der Waals surface area contributed by atoms with Gasteiger partial charge in [0.25, 0.3) is 5.91 Å². The third-order valence-corrected chi connectivity index (χ3v) is 9.18. The van der Waals surface area contributed by atoms with E-state index in [0.29, 0.717) is 42.8 Å². The molecule has 0 aliphatic carbocycles. The lowest BCUT2D eigenvalue weighted by Gasteiger charge is -2.21. The molecule has 1 saturated heterocycles. The number of sulfonamides is 1. The van der Waals surface area contributed by atoms with E-state index in [1.165, 1.54) is 4.31 Å². The van der Waals surface area contributed by atoms with Crippen molar-refractivity contribution in [2.24, 2.45) is 0 Å². The Kier molecular flexibility index (Phi) is 9.01. The van der Waals surface area contributed by atoms with Gasteiger partial charge in [-0.15, -0.1) is 0 Å². The van der Waals surface area contributed by atoms with Crippen molar-refractivity contribution in [1.82, 2.24) is 19.0 Å². The second kappa shape index (κ2) is 12.2. The number of rotatable bonds is 11. The molecule has 0 spiro atoms. The molecule has 0 unspecified atom stereocenters. The highest BCUT2D eigenvalue weighted by Crippen LogP contribution is 2.35. The van der Waals surface area contributed by atoms with Gasteiger partial charge in [0.1, 0.15) is 16.6 Å². The van der Waals surface area contributed by atoms with Gasteiger partial charge in [0.2, 0.25) is 10.0 Å². The number of carbonyl (C=O) groups excluding carboxylic acids is 1. The number of carboxylic acid groups (broad SMARTS) is 1. The van der Waals surface area contributed by atoms with Crippen molar-refractivity contribution >= 4 is 56.3 Å². The Balaban J connectivity index is 1.81. The number of carboxylic acids is 1. The molecular weight excluding hydrogens is 557 g/mol. The van der Waals surface area contributed by atoms with E-state index in [1.54, 1.807) is 41.2 Å². The molecule has 1 aromatic heterocycles. The summed E-state index contributed by atoms with van der Waals surface area (Å²) in [6.45, 7) is 4.20. The molecule has 0 bridgehead atoms. The van der Waals surface area contributed by atoms with Crippen molar-refractivity contribution in [3.8, 4) is 16.9 Å². The molecule has 1 N–H and O–H groups in total. The Hall–Kier alpha value is -3.32. The van der Waals surface area contributed by atoms with Crippen molar-refractivity contribution in [2.45, 2.75) is 31.6 Å². The quantitative estimate of drug-likeness (QED) is 0.256. The minimum absolute atomic E-state index is 0.158. The molecule has 204 valence electrons. The lowest BCUT2D eigenvalue weighted by molar-refractivity contribution is -0.140.